The Morgan fingerprint density at radius 2 is 2.00 bits per heavy atom. The summed E-state index contributed by atoms with van der Waals surface area (Å²) in [6.45, 7) is 3.40. The number of thioether (sulfide) groups is 1. The maximum atomic E-state index is 13.1. The molecule has 0 unspecified atom stereocenters. The molecular formula is C25H30N3O3S+. The number of amides is 1. The second kappa shape index (κ2) is 9.14. The lowest BCUT2D eigenvalue weighted by molar-refractivity contribution is -0.690. The Bertz CT molecular complexity index is 1060. The third kappa shape index (κ3) is 3.98. The van der Waals surface area contributed by atoms with Gasteiger partial charge in [-0.1, -0.05) is 43.2 Å². The third-order valence-electron chi connectivity index (χ3n) is 6.71. The number of esters is 1. The lowest BCUT2D eigenvalue weighted by Gasteiger charge is -2.25. The highest BCUT2D eigenvalue weighted by atomic mass is 32.2. The van der Waals surface area contributed by atoms with Gasteiger partial charge in [-0.05, 0) is 26.2 Å². The second-order valence-electron chi connectivity index (χ2n) is 8.74. The highest BCUT2D eigenvalue weighted by molar-refractivity contribution is 8.04. The Labute approximate surface area is 193 Å². The van der Waals surface area contributed by atoms with Crippen molar-refractivity contribution in [3.8, 4) is 11.3 Å². The summed E-state index contributed by atoms with van der Waals surface area (Å²) in [7, 11) is 0. The molecule has 0 radical (unpaired) electrons. The summed E-state index contributed by atoms with van der Waals surface area (Å²) in [5.74, 6) is 1.02. The molecule has 2 aromatic rings. The summed E-state index contributed by atoms with van der Waals surface area (Å²) < 4.78 is 9.74. The van der Waals surface area contributed by atoms with Gasteiger partial charge in [0.05, 0.1) is 30.2 Å². The Kier molecular flexibility index (Phi) is 6.09. The summed E-state index contributed by atoms with van der Waals surface area (Å²) >= 11 is 1.66. The highest BCUT2D eigenvalue weighted by Crippen LogP contribution is 2.48. The lowest BCUT2D eigenvalue weighted by atomic mass is 9.84. The number of carbonyl (C=O) groups is 2. The molecule has 2 aliphatic heterocycles. The van der Waals surface area contributed by atoms with Crippen LogP contribution in [-0.2, 0) is 33.8 Å². The summed E-state index contributed by atoms with van der Waals surface area (Å²) in [5, 5.41) is 4.17. The molecule has 3 aliphatic rings. The monoisotopic (exact) mass is 452 g/mol. The highest BCUT2D eigenvalue weighted by Gasteiger charge is 2.42. The number of nitrogens with zero attached hydrogens (tertiary/aromatic N) is 2. The van der Waals surface area contributed by atoms with Gasteiger partial charge in [0.1, 0.15) is 6.20 Å². The van der Waals surface area contributed by atoms with Gasteiger partial charge in [-0.3, -0.25) is 4.79 Å². The molecule has 1 saturated carbocycles. The van der Waals surface area contributed by atoms with Crippen LogP contribution >= 0.6 is 11.8 Å². The van der Waals surface area contributed by atoms with Gasteiger partial charge in [-0.25, -0.2) is 13.9 Å². The molecular weight excluding hydrogens is 422 g/mol. The summed E-state index contributed by atoms with van der Waals surface area (Å²) in [6, 6.07) is 10.3. The van der Waals surface area contributed by atoms with Gasteiger partial charge in [0.15, 0.2) is 12.2 Å². The molecule has 1 N–H and O–H groups in total. The van der Waals surface area contributed by atoms with Crippen LogP contribution in [-0.4, -0.2) is 28.3 Å². The zero-order valence-electron chi connectivity index (χ0n) is 18.5. The van der Waals surface area contributed by atoms with E-state index in [1.807, 2.05) is 25.1 Å². The average Bonchev–Trinajstić information content (AvgIpc) is 3.49. The van der Waals surface area contributed by atoms with E-state index in [1.165, 1.54) is 12.2 Å². The van der Waals surface area contributed by atoms with E-state index >= 15 is 0 Å². The van der Waals surface area contributed by atoms with Crippen LogP contribution in [0.5, 0.6) is 0 Å². The quantitative estimate of drug-likeness (QED) is 0.538. The van der Waals surface area contributed by atoms with Gasteiger partial charge < -0.3 is 10.1 Å². The molecule has 6 nitrogen and oxygen atoms in total. The normalized spacial score (nSPS) is 21.9. The van der Waals surface area contributed by atoms with Crippen molar-refractivity contribution in [1.29, 1.82) is 0 Å². The number of benzene rings is 1. The predicted molar refractivity (Wildman–Crippen MR) is 124 cm³/mol. The zero-order chi connectivity index (χ0) is 22.1. The number of fused-ring (bicyclic) bond motifs is 2. The molecule has 0 bridgehead atoms. The van der Waals surface area contributed by atoms with Crippen molar-refractivity contribution < 1.29 is 18.9 Å². The molecule has 2 atom stereocenters. The van der Waals surface area contributed by atoms with Crippen molar-refractivity contribution in [2.45, 2.75) is 63.8 Å². The van der Waals surface area contributed by atoms with Crippen LogP contribution in [0.3, 0.4) is 0 Å². The molecule has 1 fully saturated rings. The van der Waals surface area contributed by atoms with E-state index in [0.717, 1.165) is 49.9 Å². The number of hydrogen-bond acceptors (Lipinski definition) is 4. The van der Waals surface area contributed by atoms with Crippen molar-refractivity contribution in [2.24, 2.45) is 5.92 Å². The maximum absolute atomic E-state index is 13.1. The summed E-state index contributed by atoms with van der Waals surface area (Å²) in [5.41, 5.74) is 3.00. The van der Waals surface area contributed by atoms with Crippen molar-refractivity contribution >= 4 is 23.6 Å². The SMILES string of the molecule is CCOC(=O)C1=C(NC(=O)C[n+]2cc(-c3ccccc3)n3c2CCC3)S[C@H]2CCCC[C@H]12. The fourth-order valence-electron chi connectivity index (χ4n) is 5.31. The van der Waals surface area contributed by atoms with Crippen LogP contribution in [0.25, 0.3) is 11.3 Å². The summed E-state index contributed by atoms with van der Waals surface area (Å²) in [6.07, 6.45) is 8.53. The van der Waals surface area contributed by atoms with Gasteiger partial charge >= 0.3 is 5.97 Å². The molecule has 1 aromatic carbocycles. The first-order valence-electron chi connectivity index (χ1n) is 11.7. The smallest absolute Gasteiger partial charge is 0.336 e. The number of ether oxygens (including phenoxy) is 1. The van der Waals surface area contributed by atoms with Gasteiger partial charge in [-0.2, -0.15) is 0 Å². The van der Waals surface area contributed by atoms with Crippen LogP contribution < -0.4 is 9.88 Å². The van der Waals surface area contributed by atoms with E-state index in [-0.39, 0.29) is 24.3 Å². The van der Waals surface area contributed by atoms with Crippen LogP contribution in [0.2, 0.25) is 0 Å². The van der Waals surface area contributed by atoms with Crippen molar-refractivity contribution in [1.82, 2.24) is 9.88 Å². The van der Waals surface area contributed by atoms with Crippen molar-refractivity contribution in [3.05, 3.63) is 53.0 Å². The van der Waals surface area contributed by atoms with E-state index in [1.54, 1.807) is 11.8 Å². The number of carbonyl (C=O) groups excluding carboxylic acids is 2. The molecule has 1 aliphatic carbocycles. The van der Waals surface area contributed by atoms with E-state index < -0.39 is 0 Å². The first-order chi connectivity index (χ1) is 15.7. The van der Waals surface area contributed by atoms with Gasteiger partial charge in [0, 0.05) is 16.7 Å². The van der Waals surface area contributed by atoms with Crippen LogP contribution in [0.1, 0.15) is 44.9 Å². The molecule has 1 aromatic heterocycles. The van der Waals surface area contributed by atoms with E-state index in [4.69, 9.17) is 4.74 Å². The molecule has 5 rings (SSSR count). The fourth-order valence-corrected chi connectivity index (χ4v) is 6.87. The van der Waals surface area contributed by atoms with Crippen molar-refractivity contribution in [3.63, 3.8) is 0 Å². The third-order valence-corrected chi connectivity index (χ3v) is 8.14. The van der Waals surface area contributed by atoms with Crippen LogP contribution in [0, 0.1) is 5.92 Å². The van der Waals surface area contributed by atoms with Crippen LogP contribution in [0.15, 0.2) is 47.1 Å². The van der Waals surface area contributed by atoms with Gasteiger partial charge in [-0.15, -0.1) is 11.8 Å². The Balaban J connectivity index is 1.37. The summed E-state index contributed by atoms with van der Waals surface area (Å²) in [4.78, 5) is 25.8. The standard InChI is InChI=1S/C25H29N3O3S/c1-2-31-25(30)23-18-11-6-7-12-20(18)32-24(23)26-21(29)16-27-15-19(17-9-4-3-5-10-17)28-14-8-13-22(27)28/h3-5,9-10,15,18,20H,2,6-8,11-14,16H2,1H3/p+1/t18-,20-/m0/s1. The first kappa shape index (κ1) is 21.3. The minimum Gasteiger partial charge on any atom is -0.463 e. The van der Waals surface area contributed by atoms with E-state index in [9.17, 15) is 9.59 Å². The van der Waals surface area contributed by atoms with E-state index in [0.29, 0.717) is 22.5 Å². The van der Waals surface area contributed by atoms with E-state index in [2.05, 4.69) is 32.8 Å². The predicted octanol–water partition coefficient (Wildman–Crippen LogP) is 3.59. The zero-order valence-corrected chi connectivity index (χ0v) is 19.3. The lowest BCUT2D eigenvalue weighted by Crippen LogP contribution is -2.44. The van der Waals surface area contributed by atoms with Gasteiger partial charge in [0.2, 0.25) is 0 Å². The molecule has 1 amide bonds. The molecule has 32 heavy (non-hydrogen) atoms. The molecule has 0 saturated heterocycles. The van der Waals surface area contributed by atoms with Gasteiger partial charge in [0.25, 0.3) is 11.7 Å². The minimum absolute atomic E-state index is 0.0853. The largest absolute Gasteiger partial charge is 0.463 e. The minimum atomic E-state index is -0.270. The van der Waals surface area contributed by atoms with Crippen LogP contribution in [0.4, 0.5) is 0 Å². The molecule has 168 valence electrons. The molecule has 3 heterocycles. The number of imidazole rings is 1. The average molecular weight is 453 g/mol. The number of rotatable bonds is 6. The van der Waals surface area contributed by atoms with Crippen molar-refractivity contribution in [2.75, 3.05) is 6.61 Å². The first-order valence-corrected chi connectivity index (χ1v) is 12.6. The Morgan fingerprint density at radius 3 is 2.81 bits per heavy atom. The number of hydrogen-bond donors (Lipinski definition) is 1. The Morgan fingerprint density at radius 1 is 1.19 bits per heavy atom. The maximum Gasteiger partial charge on any atom is 0.336 e. The second-order valence-corrected chi connectivity index (χ2v) is 9.99. The number of nitrogens with one attached hydrogen (secondary N) is 1. The Hall–Kier alpha value is -2.54. The fraction of sp³-hybridized carbons (Fsp3) is 0.480. The number of aromatic nitrogens is 2. The molecule has 0 spiro atoms. The molecule has 7 heteroatoms. The topological polar surface area (TPSA) is 64.2 Å².